The molecule has 616 valence electrons. The molecule has 0 aliphatic heterocycles. The summed E-state index contributed by atoms with van der Waals surface area (Å²) in [5.41, 5.74) is 25.6. The van der Waals surface area contributed by atoms with Crippen LogP contribution in [0.4, 0.5) is 45.5 Å². The molecule has 0 spiro atoms. The van der Waals surface area contributed by atoms with Crippen LogP contribution < -0.4 is 21.3 Å². The van der Waals surface area contributed by atoms with Gasteiger partial charge in [0.2, 0.25) is 0 Å². The van der Waals surface area contributed by atoms with Gasteiger partial charge in [-0.05, 0) is 196 Å². The third-order valence-electron chi connectivity index (χ3n) is 24.2. The second-order valence-electron chi connectivity index (χ2n) is 32.4. The molecule has 26 rings (SSSR count). The first-order valence-electron chi connectivity index (χ1n) is 43.6. The van der Waals surface area contributed by atoms with Crippen LogP contribution in [0.3, 0.4) is 0 Å². The lowest BCUT2D eigenvalue weighted by Crippen LogP contribution is -1.93. The highest BCUT2D eigenvalue weighted by molar-refractivity contribution is 7.28. The van der Waals surface area contributed by atoms with Crippen LogP contribution in [0.15, 0.2) is 465 Å². The maximum Gasteiger partial charge on any atom is 0.135 e. The van der Waals surface area contributed by atoms with E-state index in [4.69, 9.17) is 4.42 Å². The van der Waals surface area contributed by atoms with E-state index in [1.54, 1.807) is 0 Å². The minimum atomic E-state index is 0.909. The van der Waals surface area contributed by atoms with E-state index in [0.29, 0.717) is 0 Å². The van der Waals surface area contributed by atoms with E-state index in [2.05, 4.69) is 458 Å². The summed E-state index contributed by atoms with van der Waals surface area (Å²) in [5.74, 6) is 0. The lowest BCUT2D eigenvalue weighted by atomic mass is 9.96. The molecule has 4 N–H and O–H groups in total. The number of hydrogen-bond donors (Lipinski definition) is 4. The smallest absolute Gasteiger partial charge is 0.135 e. The van der Waals surface area contributed by atoms with Crippen LogP contribution in [0.1, 0.15) is 0 Å². The zero-order valence-corrected chi connectivity index (χ0v) is 74.4. The number of fused-ring (bicyclic) bond motifs is 18. The Bertz CT molecular complexity index is 8650. The van der Waals surface area contributed by atoms with E-state index < -0.39 is 0 Å². The summed E-state index contributed by atoms with van der Waals surface area (Å²) in [4.78, 5) is 0. The topological polar surface area (TPSA) is 61.3 Å². The monoisotopic (exact) mass is 1750 g/mol. The first-order chi connectivity index (χ1) is 64.4. The quantitative estimate of drug-likeness (QED) is 0.0874. The molecule has 10 heteroatoms. The van der Waals surface area contributed by atoms with Crippen molar-refractivity contribution >= 4 is 225 Å². The highest BCUT2D eigenvalue weighted by Gasteiger charge is 2.22. The summed E-state index contributed by atoms with van der Waals surface area (Å²) in [7, 11) is 0. The Kier molecular flexibility index (Phi) is 21.3. The number of hydrogen-bond acceptors (Lipinski definition) is 10. The first-order valence-corrected chi connectivity index (χ1v) is 47.7. The Balaban J connectivity index is 0.0000000988. The van der Waals surface area contributed by atoms with Gasteiger partial charge in [0, 0.05) is 163 Å². The number of benzene rings is 20. The molecule has 0 aliphatic carbocycles. The second kappa shape index (κ2) is 35.0. The van der Waals surface area contributed by atoms with Crippen LogP contribution in [0, 0.1) is 0 Å². The molecule has 0 bridgehead atoms. The molecular weight excluding hydrogens is 1670 g/mol. The van der Waals surface area contributed by atoms with E-state index in [-0.39, 0.29) is 0 Å². The molecule has 0 amide bonds. The maximum absolute atomic E-state index is 6.02. The van der Waals surface area contributed by atoms with Gasteiger partial charge in [-0.1, -0.05) is 315 Å². The van der Waals surface area contributed by atoms with Gasteiger partial charge in [0.25, 0.3) is 0 Å². The van der Waals surface area contributed by atoms with Gasteiger partial charge in [-0.3, -0.25) is 0 Å². The molecular formula is C120H80N4OS5. The van der Waals surface area contributed by atoms with Crippen molar-refractivity contribution in [2.45, 2.75) is 0 Å². The molecule has 5 nitrogen and oxygen atoms in total. The average Bonchev–Trinajstić information content (AvgIpc) is 1.58. The minimum absolute atomic E-state index is 0.909. The van der Waals surface area contributed by atoms with Crippen LogP contribution in [-0.2, 0) is 0 Å². The summed E-state index contributed by atoms with van der Waals surface area (Å²) in [6.07, 6.45) is 0. The van der Waals surface area contributed by atoms with Gasteiger partial charge in [-0.2, -0.15) is 0 Å². The molecule has 0 saturated heterocycles. The minimum Gasteiger partial charge on any atom is -0.456 e. The molecule has 0 atom stereocenters. The van der Waals surface area contributed by atoms with Crippen LogP contribution in [-0.4, -0.2) is 0 Å². The Labute approximate surface area is 772 Å². The SMILES string of the molecule is c1ccc(-c2cc(Nc3ccc4oc5ccccc5c4c3)c3sc4ccccc4c3c2)cc1.c1ccc(-c2cc(Nc3ccc4sc5ccccc5c4c3)cc3c2sc2ccccc23)cc1.c1ccc(Nc2cc(-c3cccc(-c4ccccc4)c3)c3sc4ccccc4c3c2)cc1.c1ccc(Nc2ccc3c(sc4cccc(-c5ccccc5)c43)c2-c2ccccc2)cc1. The third-order valence-corrected chi connectivity index (χ3v) is 30.2. The number of rotatable bonds is 14. The molecule has 130 heavy (non-hydrogen) atoms. The zero-order valence-electron chi connectivity index (χ0n) is 70.3. The van der Waals surface area contributed by atoms with Gasteiger partial charge in [-0.25, -0.2) is 0 Å². The largest absolute Gasteiger partial charge is 0.456 e. The van der Waals surface area contributed by atoms with Crippen LogP contribution in [0.25, 0.3) is 190 Å². The standard InChI is InChI=1S/C30H19NOS.C30H19NS2.2C30H21NS/c1-2-8-19(9-3-1)20-16-25-23-11-5-7-13-29(23)33-30(25)26(17-20)31-21-14-15-28-24(18-21)22-10-4-6-12-27(22)32-28;1-2-8-19(9-3-1)24-17-21(18-26-23-11-5-7-13-28(23)33-30(24)26)31-20-14-15-29-25(16-20)22-10-4-6-12-27(22)32-29;1-4-11-21(12-5-1)24-17-10-18-27-29(24)25-19-20-26(31-23-15-8-3-9-16-23)28(30(25)32-27)22-13-6-2-7-14-22;1-3-10-21(11-4-1)22-12-9-13-23(18-22)27-19-25(31-24-14-5-2-6-15-24)20-28-26-16-7-8-17-29(26)32-30(27)28/h2*1-18,31H;2*1-20,31H. The molecule has 20 aromatic carbocycles. The van der Waals surface area contributed by atoms with Gasteiger partial charge in [-0.15, -0.1) is 56.7 Å². The zero-order chi connectivity index (χ0) is 86.2. The van der Waals surface area contributed by atoms with Gasteiger partial charge in [0.15, 0.2) is 0 Å². The molecule has 0 saturated carbocycles. The number of thiophene rings is 5. The van der Waals surface area contributed by atoms with E-state index in [1.165, 1.54) is 168 Å². The lowest BCUT2D eigenvalue weighted by Gasteiger charge is -2.14. The van der Waals surface area contributed by atoms with Crippen molar-refractivity contribution in [3.05, 3.63) is 461 Å². The molecule has 0 unspecified atom stereocenters. The maximum atomic E-state index is 6.02. The molecule has 6 aromatic heterocycles. The first kappa shape index (κ1) is 79.2. The van der Waals surface area contributed by atoms with E-state index in [0.717, 1.165) is 67.4 Å². The van der Waals surface area contributed by atoms with E-state index in [1.807, 2.05) is 80.9 Å². The van der Waals surface area contributed by atoms with Crippen LogP contribution >= 0.6 is 56.7 Å². The van der Waals surface area contributed by atoms with Gasteiger partial charge in [0.1, 0.15) is 11.2 Å². The summed E-state index contributed by atoms with van der Waals surface area (Å²) in [6.45, 7) is 0. The van der Waals surface area contributed by atoms with Crippen molar-refractivity contribution in [1.29, 1.82) is 0 Å². The van der Waals surface area contributed by atoms with E-state index >= 15 is 0 Å². The number of anilines is 8. The number of nitrogens with one attached hydrogen (secondary N) is 4. The number of furan rings is 1. The van der Waals surface area contributed by atoms with Crippen LogP contribution in [0.5, 0.6) is 0 Å². The Morgan fingerprint density at radius 1 is 0.162 bits per heavy atom. The summed E-state index contributed by atoms with van der Waals surface area (Å²) < 4.78 is 19.2. The summed E-state index contributed by atoms with van der Waals surface area (Å²) >= 11 is 9.32. The summed E-state index contributed by atoms with van der Waals surface area (Å²) in [6, 6.07) is 164. The average molecular weight is 1750 g/mol. The third kappa shape index (κ3) is 15.7. The second-order valence-corrected chi connectivity index (χ2v) is 37.7. The van der Waals surface area contributed by atoms with Crippen molar-refractivity contribution in [2.24, 2.45) is 0 Å². The van der Waals surface area contributed by atoms with Gasteiger partial charge >= 0.3 is 0 Å². The molecule has 26 aromatic rings. The molecule has 6 heterocycles. The highest BCUT2D eigenvalue weighted by Crippen LogP contribution is 2.51. The van der Waals surface area contributed by atoms with Gasteiger partial charge in [0.05, 0.1) is 10.4 Å². The fourth-order valence-corrected chi connectivity index (χ4v) is 24.1. The predicted molar refractivity (Wildman–Crippen MR) is 569 cm³/mol. The summed E-state index contributed by atoms with van der Waals surface area (Å²) in [5, 5.41) is 30.1. The fourth-order valence-electron chi connectivity index (χ4n) is 18.1. The lowest BCUT2D eigenvalue weighted by molar-refractivity contribution is 0.669. The molecule has 0 fully saturated rings. The van der Waals surface area contributed by atoms with Gasteiger partial charge < -0.3 is 25.7 Å². The molecule has 0 aliphatic rings. The van der Waals surface area contributed by atoms with Crippen molar-refractivity contribution in [1.82, 2.24) is 0 Å². The molecule has 0 radical (unpaired) electrons. The Hall–Kier alpha value is -15.5. The van der Waals surface area contributed by atoms with Crippen molar-refractivity contribution in [3.63, 3.8) is 0 Å². The Morgan fingerprint density at radius 2 is 0.554 bits per heavy atom. The van der Waals surface area contributed by atoms with Crippen molar-refractivity contribution in [3.8, 4) is 66.8 Å². The van der Waals surface area contributed by atoms with E-state index in [9.17, 15) is 0 Å². The predicted octanol–water partition coefficient (Wildman–Crippen LogP) is 37.5. The van der Waals surface area contributed by atoms with Crippen molar-refractivity contribution in [2.75, 3.05) is 21.3 Å². The highest BCUT2D eigenvalue weighted by atomic mass is 32.1. The van der Waals surface area contributed by atoms with Crippen LogP contribution in [0.2, 0.25) is 0 Å². The normalized spacial score (nSPS) is 11.4. The van der Waals surface area contributed by atoms with Crippen molar-refractivity contribution < 1.29 is 4.42 Å². The Morgan fingerprint density at radius 3 is 1.16 bits per heavy atom. The number of para-hydroxylation sites is 3. The fraction of sp³-hybridized carbons (Fsp3) is 0.